The second-order valence-corrected chi connectivity index (χ2v) is 8.33. The van der Waals surface area contributed by atoms with Gasteiger partial charge in [-0.3, -0.25) is 9.59 Å². The molecule has 2 amide bonds. The van der Waals surface area contributed by atoms with Crippen LogP contribution in [0.2, 0.25) is 0 Å². The summed E-state index contributed by atoms with van der Waals surface area (Å²) in [5.41, 5.74) is 0.677. The molecular formula is C20H24N2O3. The highest BCUT2D eigenvalue weighted by Crippen LogP contribution is 2.55. The van der Waals surface area contributed by atoms with Crippen LogP contribution in [0.4, 0.5) is 5.69 Å². The molecule has 0 spiro atoms. The molecule has 4 aliphatic rings. The highest BCUT2D eigenvalue weighted by molar-refractivity contribution is 6.00. The molecule has 132 valence electrons. The van der Waals surface area contributed by atoms with E-state index in [-0.39, 0.29) is 29.9 Å². The van der Waals surface area contributed by atoms with E-state index >= 15 is 0 Å². The van der Waals surface area contributed by atoms with Crippen LogP contribution in [0.3, 0.4) is 0 Å². The Morgan fingerprint density at radius 2 is 1.80 bits per heavy atom. The van der Waals surface area contributed by atoms with E-state index in [9.17, 15) is 14.7 Å². The number of phenolic OH excluding ortho intramolecular Hbond substituents is 1. The summed E-state index contributed by atoms with van der Waals surface area (Å²) in [6.07, 6.45) is 4.36. The molecule has 25 heavy (non-hydrogen) atoms. The van der Waals surface area contributed by atoms with Crippen LogP contribution in [0, 0.1) is 29.6 Å². The zero-order valence-corrected chi connectivity index (χ0v) is 14.3. The highest BCUT2D eigenvalue weighted by Gasteiger charge is 2.53. The average molecular weight is 340 g/mol. The van der Waals surface area contributed by atoms with Crippen molar-refractivity contribution in [2.45, 2.75) is 25.7 Å². The van der Waals surface area contributed by atoms with Crippen LogP contribution in [-0.2, 0) is 9.59 Å². The fourth-order valence-corrected chi connectivity index (χ4v) is 5.90. The third-order valence-electron chi connectivity index (χ3n) is 7.06. The van der Waals surface area contributed by atoms with E-state index < -0.39 is 0 Å². The molecule has 5 nitrogen and oxygen atoms in total. The molecule has 1 aromatic rings. The Morgan fingerprint density at radius 3 is 2.48 bits per heavy atom. The van der Waals surface area contributed by atoms with Gasteiger partial charge < -0.3 is 14.9 Å². The molecule has 2 saturated carbocycles. The van der Waals surface area contributed by atoms with Crippen LogP contribution in [0.5, 0.6) is 5.75 Å². The van der Waals surface area contributed by atoms with Crippen molar-refractivity contribution in [3.8, 4) is 5.75 Å². The van der Waals surface area contributed by atoms with Gasteiger partial charge in [0.05, 0.1) is 5.92 Å². The third-order valence-corrected chi connectivity index (χ3v) is 7.06. The van der Waals surface area contributed by atoms with Crippen LogP contribution in [0.1, 0.15) is 25.7 Å². The van der Waals surface area contributed by atoms with E-state index in [4.69, 9.17) is 0 Å². The van der Waals surface area contributed by atoms with E-state index in [2.05, 4.69) is 0 Å². The average Bonchev–Trinajstić information content (AvgIpc) is 3.35. The molecule has 2 aliphatic carbocycles. The van der Waals surface area contributed by atoms with Gasteiger partial charge >= 0.3 is 0 Å². The Morgan fingerprint density at radius 1 is 1.08 bits per heavy atom. The lowest BCUT2D eigenvalue weighted by Crippen LogP contribution is -2.37. The molecule has 2 saturated heterocycles. The van der Waals surface area contributed by atoms with E-state index in [1.165, 1.54) is 19.3 Å². The van der Waals surface area contributed by atoms with Gasteiger partial charge in [0.2, 0.25) is 11.8 Å². The summed E-state index contributed by atoms with van der Waals surface area (Å²) in [7, 11) is 0. The first-order chi connectivity index (χ1) is 12.1. The highest BCUT2D eigenvalue weighted by atomic mass is 16.3. The van der Waals surface area contributed by atoms with Gasteiger partial charge in [-0.15, -0.1) is 0 Å². The number of fused-ring (bicyclic) bond motifs is 5. The second kappa shape index (κ2) is 5.48. The molecule has 2 aliphatic heterocycles. The van der Waals surface area contributed by atoms with Gasteiger partial charge in [-0.1, -0.05) is 6.07 Å². The summed E-state index contributed by atoms with van der Waals surface area (Å²) >= 11 is 0. The standard InChI is InChI=1S/C20H24N2O3/c23-16-3-1-2-15(8-16)22-9-14(7-19(22)24)20(25)21-10-17-12-4-5-13(6-12)18(17)11-21/h1-3,8,12-14,17-18,23H,4-7,9-11H2/t12-,13+,14-,17-,18+/m0/s1. The molecule has 1 aromatic carbocycles. The number of hydrogen-bond donors (Lipinski definition) is 1. The smallest absolute Gasteiger partial charge is 0.228 e. The molecule has 5 atom stereocenters. The van der Waals surface area contributed by atoms with Crippen LogP contribution in [0.25, 0.3) is 0 Å². The first-order valence-corrected chi connectivity index (χ1v) is 9.48. The SMILES string of the molecule is O=C([C@H]1CC(=O)N(c2cccc(O)c2)C1)N1C[C@@H]2[C@@H]3CC[C@@H](C3)[C@@H]2C1. The molecular weight excluding hydrogens is 316 g/mol. The number of nitrogens with zero attached hydrogens (tertiary/aromatic N) is 2. The zero-order chi connectivity index (χ0) is 17.1. The molecule has 1 N–H and O–H groups in total. The van der Waals surface area contributed by atoms with Crippen molar-refractivity contribution >= 4 is 17.5 Å². The predicted molar refractivity (Wildman–Crippen MR) is 93.0 cm³/mol. The van der Waals surface area contributed by atoms with Crippen molar-refractivity contribution in [2.75, 3.05) is 24.5 Å². The predicted octanol–water partition coefficient (Wildman–Crippen LogP) is 2.25. The van der Waals surface area contributed by atoms with Gasteiger partial charge in [-0.2, -0.15) is 0 Å². The molecule has 5 rings (SSSR count). The fraction of sp³-hybridized carbons (Fsp3) is 0.600. The van der Waals surface area contributed by atoms with E-state index in [0.717, 1.165) is 24.9 Å². The summed E-state index contributed by atoms with van der Waals surface area (Å²) in [5, 5.41) is 9.64. The van der Waals surface area contributed by atoms with Crippen molar-refractivity contribution in [3.63, 3.8) is 0 Å². The van der Waals surface area contributed by atoms with Crippen molar-refractivity contribution < 1.29 is 14.7 Å². The van der Waals surface area contributed by atoms with Gasteiger partial charge in [-0.25, -0.2) is 0 Å². The zero-order valence-electron chi connectivity index (χ0n) is 14.3. The Balaban J connectivity index is 1.28. The number of phenols is 1. The lowest BCUT2D eigenvalue weighted by Gasteiger charge is -2.22. The van der Waals surface area contributed by atoms with Gasteiger partial charge in [0.25, 0.3) is 0 Å². The van der Waals surface area contributed by atoms with E-state index in [1.54, 1.807) is 23.1 Å². The number of anilines is 1. The summed E-state index contributed by atoms with van der Waals surface area (Å²) in [4.78, 5) is 29.1. The summed E-state index contributed by atoms with van der Waals surface area (Å²) in [5.74, 6) is 3.12. The van der Waals surface area contributed by atoms with Crippen LogP contribution >= 0.6 is 0 Å². The van der Waals surface area contributed by atoms with Crippen LogP contribution in [-0.4, -0.2) is 41.5 Å². The monoisotopic (exact) mass is 340 g/mol. The maximum atomic E-state index is 13.0. The molecule has 0 aromatic heterocycles. The topological polar surface area (TPSA) is 60.9 Å². The van der Waals surface area contributed by atoms with Gasteiger partial charge in [0.15, 0.2) is 0 Å². The second-order valence-electron chi connectivity index (χ2n) is 8.33. The van der Waals surface area contributed by atoms with E-state index in [0.29, 0.717) is 24.1 Å². The molecule has 0 unspecified atom stereocenters. The van der Waals surface area contributed by atoms with Crippen LogP contribution < -0.4 is 4.90 Å². The van der Waals surface area contributed by atoms with Crippen molar-refractivity contribution in [3.05, 3.63) is 24.3 Å². The number of carbonyl (C=O) groups is 2. The first kappa shape index (κ1) is 15.2. The number of hydrogen-bond acceptors (Lipinski definition) is 3. The summed E-state index contributed by atoms with van der Waals surface area (Å²) in [6, 6.07) is 6.71. The maximum Gasteiger partial charge on any atom is 0.228 e. The number of likely N-dealkylation sites (tertiary alicyclic amines) is 1. The molecule has 4 fully saturated rings. The minimum absolute atomic E-state index is 0.0246. The minimum Gasteiger partial charge on any atom is -0.508 e. The van der Waals surface area contributed by atoms with E-state index in [1.807, 2.05) is 11.0 Å². The number of rotatable bonds is 2. The largest absolute Gasteiger partial charge is 0.508 e. The number of benzene rings is 1. The van der Waals surface area contributed by atoms with Gasteiger partial charge in [-0.05, 0) is 55.1 Å². The lowest BCUT2D eigenvalue weighted by molar-refractivity contribution is -0.135. The molecule has 0 radical (unpaired) electrons. The Labute approximate surface area is 147 Å². The van der Waals surface area contributed by atoms with Crippen molar-refractivity contribution in [1.29, 1.82) is 0 Å². The van der Waals surface area contributed by atoms with Gasteiger partial charge in [0, 0.05) is 37.8 Å². The first-order valence-electron chi connectivity index (χ1n) is 9.48. The quantitative estimate of drug-likeness (QED) is 0.898. The minimum atomic E-state index is -0.244. The normalized spacial score (nSPS) is 36.3. The fourth-order valence-electron chi connectivity index (χ4n) is 5.90. The number of amides is 2. The Hall–Kier alpha value is -2.04. The molecule has 5 heteroatoms. The van der Waals surface area contributed by atoms with Crippen molar-refractivity contribution in [2.24, 2.45) is 29.6 Å². The summed E-state index contributed by atoms with van der Waals surface area (Å²) < 4.78 is 0. The van der Waals surface area contributed by atoms with Crippen LogP contribution in [0.15, 0.2) is 24.3 Å². The number of aromatic hydroxyl groups is 1. The molecule has 2 heterocycles. The molecule has 2 bridgehead atoms. The van der Waals surface area contributed by atoms with Gasteiger partial charge in [0.1, 0.15) is 5.75 Å². The van der Waals surface area contributed by atoms with Crippen molar-refractivity contribution in [1.82, 2.24) is 4.90 Å². The lowest BCUT2D eigenvalue weighted by atomic mass is 9.82. The Kier molecular flexibility index (Phi) is 3.34. The number of carbonyl (C=O) groups excluding carboxylic acids is 2. The third kappa shape index (κ3) is 2.35. The maximum absolute atomic E-state index is 13.0. The summed E-state index contributed by atoms with van der Waals surface area (Å²) in [6.45, 7) is 2.24. The Bertz CT molecular complexity index is 715.